The molecule has 0 spiro atoms. The zero-order valence-electron chi connectivity index (χ0n) is 17.6. The number of likely N-dealkylation sites (tertiary alicyclic amines) is 1. The number of rotatable bonds is 5. The summed E-state index contributed by atoms with van der Waals surface area (Å²) in [4.78, 5) is 23.9. The topological polar surface area (TPSA) is 93.1 Å². The summed E-state index contributed by atoms with van der Waals surface area (Å²) in [5, 5.41) is 12.5. The number of hydrogen-bond donors (Lipinski definition) is 1. The van der Waals surface area contributed by atoms with Gasteiger partial charge < -0.3 is 9.64 Å². The number of piperidine rings is 1. The van der Waals surface area contributed by atoms with E-state index in [2.05, 4.69) is 37.4 Å². The number of aromatic nitrogens is 4. The van der Waals surface area contributed by atoms with E-state index in [9.17, 15) is 4.79 Å². The highest BCUT2D eigenvalue weighted by atomic mass is 32.1. The number of fused-ring (bicyclic) bond motifs is 1. The Kier molecular flexibility index (Phi) is 5.74. The molecule has 0 aliphatic carbocycles. The second kappa shape index (κ2) is 8.97. The summed E-state index contributed by atoms with van der Waals surface area (Å²) < 4.78 is 6.10. The lowest BCUT2D eigenvalue weighted by molar-refractivity contribution is 0.102. The van der Waals surface area contributed by atoms with Gasteiger partial charge in [0.15, 0.2) is 0 Å². The predicted molar refractivity (Wildman–Crippen MR) is 124 cm³/mol. The highest BCUT2D eigenvalue weighted by Gasteiger charge is 2.18. The molecule has 8 nitrogen and oxygen atoms in total. The van der Waals surface area contributed by atoms with Gasteiger partial charge in [0.1, 0.15) is 22.4 Å². The van der Waals surface area contributed by atoms with Crippen LogP contribution in [-0.4, -0.2) is 57.2 Å². The molecular weight excluding hydrogens is 424 g/mol. The van der Waals surface area contributed by atoms with Crippen molar-refractivity contribution in [3.05, 3.63) is 59.7 Å². The molecule has 3 heterocycles. The van der Waals surface area contributed by atoms with Crippen LogP contribution in [0.5, 0.6) is 5.75 Å². The number of nitrogens with one attached hydrogen (secondary N) is 1. The van der Waals surface area contributed by atoms with E-state index in [1.54, 1.807) is 23.8 Å². The molecule has 0 atom stereocenters. The van der Waals surface area contributed by atoms with E-state index in [-0.39, 0.29) is 18.0 Å². The lowest BCUT2D eigenvalue weighted by Gasteiger charge is -2.29. The Hall–Kier alpha value is -3.43. The second-order valence-electron chi connectivity index (χ2n) is 7.81. The summed E-state index contributed by atoms with van der Waals surface area (Å²) >= 11 is 1.46. The molecule has 1 aliphatic rings. The molecule has 2 aromatic heterocycles. The zero-order valence-corrected chi connectivity index (χ0v) is 18.4. The van der Waals surface area contributed by atoms with E-state index >= 15 is 0 Å². The summed E-state index contributed by atoms with van der Waals surface area (Å²) in [7, 11) is 2.12. The van der Waals surface area contributed by atoms with E-state index < -0.39 is 0 Å². The molecule has 0 radical (unpaired) electrons. The number of ether oxygens (including phenoxy) is 1. The average Bonchev–Trinajstić information content (AvgIpc) is 3.35. The minimum atomic E-state index is -0.279. The largest absolute Gasteiger partial charge is 0.490 e. The predicted octanol–water partition coefficient (Wildman–Crippen LogP) is 3.87. The van der Waals surface area contributed by atoms with Gasteiger partial charge in [0.25, 0.3) is 5.91 Å². The second-order valence-corrected chi connectivity index (χ2v) is 8.65. The quantitative estimate of drug-likeness (QED) is 0.497. The number of carbonyl (C=O) groups is 1. The summed E-state index contributed by atoms with van der Waals surface area (Å²) in [6, 6.07) is 13.0. The molecule has 1 saturated heterocycles. The minimum absolute atomic E-state index is 0.176. The van der Waals surface area contributed by atoms with Gasteiger partial charge in [-0.3, -0.25) is 10.1 Å². The van der Waals surface area contributed by atoms with Crippen molar-refractivity contribution < 1.29 is 9.53 Å². The van der Waals surface area contributed by atoms with E-state index in [0.29, 0.717) is 11.3 Å². The molecule has 32 heavy (non-hydrogen) atoms. The van der Waals surface area contributed by atoms with E-state index in [0.717, 1.165) is 47.4 Å². The van der Waals surface area contributed by atoms with Crippen molar-refractivity contribution >= 4 is 34.1 Å². The molecule has 0 bridgehead atoms. The number of nitrogens with zero attached hydrogens (tertiary/aromatic N) is 5. The lowest BCUT2D eigenvalue weighted by Crippen LogP contribution is -2.35. The lowest BCUT2D eigenvalue weighted by atomic mass is 10.1. The highest BCUT2D eigenvalue weighted by molar-refractivity contribution is 7.12. The summed E-state index contributed by atoms with van der Waals surface area (Å²) in [5.41, 5.74) is 3.84. The Labute approximate surface area is 189 Å². The molecule has 4 aromatic rings. The number of anilines is 1. The number of benzene rings is 2. The fourth-order valence-electron chi connectivity index (χ4n) is 3.69. The summed E-state index contributed by atoms with van der Waals surface area (Å²) in [6.07, 6.45) is 3.84. The molecule has 162 valence electrons. The molecule has 1 fully saturated rings. The standard InChI is InChI=1S/C23H22N6O2S/c1-29-9-7-18(8-10-29)31-19-4-2-3-15(11-19)21(30)27-23-24-13-17-6-5-16(12-20(17)26-23)22-28-25-14-32-22/h2-6,11-14,18H,7-10H2,1H3,(H,24,26,27,30). The first-order valence-electron chi connectivity index (χ1n) is 10.4. The van der Waals surface area contributed by atoms with Gasteiger partial charge in [-0.2, -0.15) is 0 Å². The maximum atomic E-state index is 12.8. The third-order valence-electron chi connectivity index (χ3n) is 5.48. The number of carbonyl (C=O) groups excluding carboxylic acids is 1. The van der Waals surface area contributed by atoms with Crippen molar-refractivity contribution in [1.82, 2.24) is 25.1 Å². The number of amides is 1. The first-order chi connectivity index (χ1) is 15.6. The summed E-state index contributed by atoms with van der Waals surface area (Å²) in [6.45, 7) is 2.04. The molecule has 1 amide bonds. The van der Waals surface area contributed by atoms with Crippen LogP contribution in [0.2, 0.25) is 0 Å². The van der Waals surface area contributed by atoms with E-state index in [1.165, 1.54) is 11.3 Å². The monoisotopic (exact) mass is 446 g/mol. The Bertz CT molecular complexity index is 1240. The smallest absolute Gasteiger partial charge is 0.258 e. The van der Waals surface area contributed by atoms with Gasteiger partial charge in [0.2, 0.25) is 5.95 Å². The molecule has 0 saturated carbocycles. The van der Waals surface area contributed by atoms with Crippen LogP contribution in [0, 0.1) is 0 Å². The van der Waals surface area contributed by atoms with Crippen molar-refractivity contribution in [2.24, 2.45) is 0 Å². The Morgan fingerprint density at radius 1 is 1.19 bits per heavy atom. The SMILES string of the molecule is CN1CCC(Oc2cccc(C(=O)Nc3ncc4ccc(-c5nncs5)cc4n3)c2)CC1. The minimum Gasteiger partial charge on any atom is -0.490 e. The van der Waals surface area contributed by atoms with Gasteiger partial charge in [-0.25, -0.2) is 9.97 Å². The van der Waals surface area contributed by atoms with Crippen LogP contribution in [0.3, 0.4) is 0 Å². The summed E-state index contributed by atoms with van der Waals surface area (Å²) in [5.74, 6) is 0.672. The normalized spacial score (nSPS) is 15.0. The van der Waals surface area contributed by atoms with E-state index in [1.807, 2.05) is 30.3 Å². The molecule has 9 heteroatoms. The number of hydrogen-bond acceptors (Lipinski definition) is 8. The van der Waals surface area contributed by atoms with Gasteiger partial charge in [-0.1, -0.05) is 29.5 Å². The van der Waals surface area contributed by atoms with Crippen LogP contribution in [0.15, 0.2) is 54.2 Å². The van der Waals surface area contributed by atoms with Gasteiger partial charge in [-0.15, -0.1) is 10.2 Å². The van der Waals surface area contributed by atoms with Gasteiger partial charge in [0.05, 0.1) is 5.52 Å². The third kappa shape index (κ3) is 4.58. The maximum Gasteiger partial charge on any atom is 0.258 e. The van der Waals surface area contributed by atoms with Gasteiger partial charge in [0, 0.05) is 35.8 Å². The molecule has 1 N–H and O–H groups in total. The van der Waals surface area contributed by atoms with Crippen LogP contribution in [0.25, 0.3) is 21.5 Å². The van der Waals surface area contributed by atoms with Crippen molar-refractivity contribution in [3.8, 4) is 16.3 Å². The van der Waals surface area contributed by atoms with Crippen molar-refractivity contribution in [1.29, 1.82) is 0 Å². The molecular formula is C23H22N6O2S. The van der Waals surface area contributed by atoms with Crippen LogP contribution >= 0.6 is 11.3 Å². The first-order valence-corrected chi connectivity index (χ1v) is 11.3. The Morgan fingerprint density at radius 2 is 2.06 bits per heavy atom. The average molecular weight is 447 g/mol. The molecule has 0 unspecified atom stereocenters. The Balaban J connectivity index is 1.31. The molecule has 1 aliphatic heterocycles. The fourth-order valence-corrected chi connectivity index (χ4v) is 4.25. The maximum absolute atomic E-state index is 12.8. The third-order valence-corrected chi connectivity index (χ3v) is 6.22. The van der Waals surface area contributed by atoms with Crippen LogP contribution in [-0.2, 0) is 0 Å². The Morgan fingerprint density at radius 3 is 2.88 bits per heavy atom. The molecule has 5 rings (SSSR count). The van der Waals surface area contributed by atoms with E-state index in [4.69, 9.17) is 4.74 Å². The van der Waals surface area contributed by atoms with Gasteiger partial charge in [-0.05, 0) is 44.2 Å². The van der Waals surface area contributed by atoms with Crippen molar-refractivity contribution in [3.63, 3.8) is 0 Å². The highest BCUT2D eigenvalue weighted by Crippen LogP contribution is 2.25. The van der Waals surface area contributed by atoms with Gasteiger partial charge >= 0.3 is 0 Å². The first kappa shape index (κ1) is 20.5. The van der Waals surface area contributed by atoms with Crippen LogP contribution in [0.4, 0.5) is 5.95 Å². The fraction of sp³-hybridized carbons (Fsp3) is 0.261. The molecule has 2 aromatic carbocycles. The van der Waals surface area contributed by atoms with Crippen molar-refractivity contribution in [2.45, 2.75) is 18.9 Å². The van der Waals surface area contributed by atoms with Crippen LogP contribution in [0.1, 0.15) is 23.2 Å². The zero-order chi connectivity index (χ0) is 21.9. The van der Waals surface area contributed by atoms with Crippen molar-refractivity contribution in [2.75, 3.05) is 25.5 Å². The van der Waals surface area contributed by atoms with Crippen LogP contribution < -0.4 is 10.1 Å².